The molecule has 25 heavy (non-hydrogen) atoms. The minimum atomic E-state index is -4.37. The molecule has 0 saturated carbocycles. The van der Waals surface area contributed by atoms with E-state index in [1.807, 2.05) is 24.2 Å². The molecule has 1 aliphatic heterocycles. The lowest BCUT2D eigenvalue weighted by Crippen LogP contribution is -2.48. The van der Waals surface area contributed by atoms with Crippen molar-refractivity contribution < 1.29 is 18.0 Å². The maximum absolute atomic E-state index is 12.6. The van der Waals surface area contributed by atoms with E-state index in [9.17, 15) is 18.0 Å². The minimum Gasteiger partial charge on any atom is -0.354 e. The van der Waals surface area contributed by atoms with Gasteiger partial charge in [-0.05, 0) is 24.3 Å². The van der Waals surface area contributed by atoms with Crippen LogP contribution in [0.2, 0.25) is 0 Å². The number of ketones is 1. The van der Waals surface area contributed by atoms with Crippen molar-refractivity contribution in [1.82, 2.24) is 14.5 Å². The van der Waals surface area contributed by atoms with Crippen molar-refractivity contribution in [3.05, 3.63) is 47.9 Å². The Morgan fingerprint density at radius 3 is 2.40 bits per heavy atom. The van der Waals surface area contributed by atoms with Gasteiger partial charge in [0.05, 0.1) is 17.8 Å². The Morgan fingerprint density at radius 1 is 1.16 bits per heavy atom. The Balaban J connectivity index is 1.55. The van der Waals surface area contributed by atoms with Crippen molar-refractivity contribution in [1.29, 1.82) is 0 Å². The topological polar surface area (TPSA) is 41.4 Å². The van der Waals surface area contributed by atoms with Gasteiger partial charge >= 0.3 is 6.18 Å². The predicted molar refractivity (Wildman–Crippen MR) is 87.6 cm³/mol. The highest BCUT2D eigenvalue weighted by Crippen LogP contribution is 2.29. The number of nitrogens with zero attached hydrogens (tertiary/aromatic N) is 4. The van der Waals surface area contributed by atoms with Gasteiger partial charge in [-0.3, -0.25) is 9.69 Å². The number of carbonyl (C=O) groups excluding carboxylic acids is 1. The molecule has 0 spiro atoms. The smallest absolute Gasteiger partial charge is 0.354 e. The van der Waals surface area contributed by atoms with Crippen molar-refractivity contribution >= 4 is 11.6 Å². The third kappa shape index (κ3) is 4.01. The zero-order valence-electron chi connectivity index (χ0n) is 13.8. The number of pyridine rings is 1. The molecule has 2 aromatic heterocycles. The highest BCUT2D eigenvalue weighted by atomic mass is 19.4. The number of rotatable bonds is 4. The predicted octanol–water partition coefficient (Wildman–Crippen LogP) is 2.44. The second kappa shape index (κ2) is 6.87. The molecule has 1 saturated heterocycles. The second-order valence-electron chi connectivity index (χ2n) is 6.09. The van der Waals surface area contributed by atoms with Crippen LogP contribution in [0.15, 0.2) is 36.7 Å². The molecule has 0 aliphatic carbocycles. The van der Waals surface area contributed by atoms with Crippen molar-refractivity contribution in [2.45, 2.75) is 6.18 Å². The van der Waals surface area contributed by atoms with Gasteiger partial charge in [0, 0.05) is 45.6 Å². The summed E-state index contributed by atoms with van der Waals surface area (Å²) in [5.41, 5.74) is -0.0742. The van der Waals surface area contributed by atoms with Crippen LogP contribution in [0.5, 0.6) is 0 Å². The molecule has 3 rings (SSSR count). The van der Waals surface area contributed by atoms with Gasteiger partial charge < -0.3 is 9.47 Å². The normalized spacial score (nSPS) is 16.2. The summed E-state index contributed by atoms with van der Waals surface area (Å²) >= 11 is 0. The van der Waals surface area contributed by atoms with Crippen LogP contribution in [0.25, 0.3) is 0 Å². The van der Waals surface area contributed by atoms with E-state index in [1.54, 1.807) is 10.6 Å². The number of halogens is 3. The first-order chi connectivity index (χ1) is 11.8. The fourth-order valence-corrected chi connectivity index (χ4v) is 2.91. The largest absolute Gasteiger partial charge is 0.417 e. The fraction of sp³-hybridized carbons (Fsp3) is 0.412. The Morgan fingerprint density at radius 2 is 1.88 bits per heavy atom. The van der Waals surface area contributed by atoms with Gasteiger partial charge in [0.15, 0.2) is 5.78 Å². The summed E-state index contributed by atoms with van der Waals surface area (Å²) in [7, 11) is 1.83. The van der Waals surface area contributed by atoms with Gasteiger partial charge in [0.25, 0.3) is 0 Å². The molecule has 0 unspecified atom stereocenters. The molecule has 1 fully saturated rings. The highest BCUT2D eigenvalue weighted by Gasteiger charge is 2.31. The van der Waals surface area contributed by atoms with Gasteiger partial charge in [-0.15, -0.1) is 0 Å². The van der Waals surface area contributed by atoms with Crippen LogP contribution in [0.3, 0.4) is 0 Å². The molecule has 0 radical (unpaired) electrons. The third-order valence-electron chi connectivity index (χ3n) is 4.37. The Labute approximate surface area is 143 Å². The number of aryl methyl sites for hydroxylation is 1. The number of hydrogen-bond donors (Lipinski definition) is 0. The summed E-state index contributed by atoms with van der Waals surface area (Å²) in [6.45, 7) is 2.92. The van der Waals surface area contributed by atoms with Gasteiger partial charge in [0.1, 0.15) is 5.82 Å². The zero-order chi connectivity index (χ0) is 18.0. The van der Waals surface area contributed by atoms with Crippen molar-refractivity contribution in [3.8, 4) is 0 Å². The third-order valence-corrected chi connectivity index (χ3v) is 4.37. The lowest BCUT2D eigenvalue weighted by molar-refractivity contribution is -0.137. The average molecular weight is 352 g/mol. The quantitative estimate of drug-likeness (QED) is 0.793. The minimum absolute atomic E-state index is 0.0635. The van der Waals surface area contributed by atoms with Gasteiger partial charge in [-0.1, -0.05) is 0 Å². The maximum atomic E-state index is 12.6. The second-order valence-corrected chi connectivity index (χ2v) is 6.09. The summed E-state index contributed by atoms with van der Waals surface area (Å²) in [5, 5.41) is 0. The van der Waals surface area contributed by atoms with Crippen LogP contribution in [0.1, 0.15) is 16.1 Å². The number of piperazine rings is 1. The first-order valence-corrected chi connectivity index (χ1v) is 7.99. The number of aromatic nitrogens is 2. The standard InChI is InChI=1S/C17H19F3N4O/c1-22-6-2-3-14(22)15(25)12-23-7-9-24(10-8-23)16-5-4-13(11-21-16)17(18,19)20/h2-6,11H,7-10,12H2,1H3. The monoisotopic (exact) mass is 352 g/mol. The van der Waals surface area contributed by atoms with Crippen molar-refractivity contribution in [3.63, 3.8) is 0 Å². The van der Waals surface area contributed by atoms with E-state index in [1.165, 1.54) is 6.07 Å². The summed E-state index contributed by atoms with van der Waals surface area (Å²) in [5.74, 6) is 0.593. The van der Waals surface area contributed by atoms with Gasteiger partial charge in [0.2, 0.25) is 0 Å². The molecule has 0 amide bonds. The van der Waals surface area contributed by atoms with Crippen molar-refractivity contribution in [2.75, 3.05) is 37.6 Å². The molecule has 8 heteroatoms. The first kappa shape index (κ1) is 17.5. The summed E-state index contributed by atoms with van der Waals surface area (Å²) in [4.78, 5) is 20.2. The number of Topliss-reactive ketones (excluding diaryl/α,β-unsaturated/α-hetero) is 1. The van der Waals surface area contributed by atoms with E-state index < -0.39 is 11.7 Å². The van der Waals surface area contributed by atoms with E-state index >= 15 is 0 Å². The molecular weight excluding hydrogens is 333 g/mol. The molecular formula is C17H19F3N4O. The number of carbonyl (C=O) groups is 1. The first-order valence-electron chi connectivity index (χ1n) is 7.99. The summed E-state index contributed by atoms with van der Waals surface area (Å²) < 4.78 is 39.6. The summed E-state index contributed by atoms with van der Waals surface area (Å²) in [6.07, 6.45) is -1.68. The average Bonchev–Trinajstić information content (AvgIpc) is 3.01. The number of hydrogen-bond acceptors (Lipinski definition) is 4. The molecule has 1 aliphatic rings. The lowest BCUT2D eigenvalue weighted by Gasteiger charge is -2.35. The molecule has 2 aromatic rings. The van der Waals surface area contributed by atoms with Crippen LogP contribution in [0, 0.1) is 0 Å². The van der Waals surface area contributed by atoms with E-state index in [0.29, 0.717) is 44.2 Å². The molecule has 134 valence electrons. The summed E-state index contributed by atoms with van der Waals surface area (Å²) in [6, 6.07) is 6.08. The van der Waals surface area contributed by atoms with Gasteiger partial charge in [-0.25, -0.2) is 4.98 Å². The van der Waals surface area contributed by atoms with Crippen LogP contribution in [0.4, 0.5) is 19.0 Å². The van der Waals surface area contributed by atoms with E-state index in [2.05, 4.69) is 9.88 Å². The molecule has 0 bridgehead atoms. The van der Waals surface area contributed by atoms with E-state index in [4.69, 9.17) is 0 Å². The number of alkyl halides is 3. The lowest BCUT2D eigenvalue weighted by atomic mass is 10.2. The SMILES string of the molecule is Cn1cccc1C(=O)CN1CCN(c2ccc(C(F)(F)F)cn2)CC1. The van der Waals surface area contributed by atoms with Crippen LogP contribution >= 0.6 is 0 Å². The Bertz CT molecular complexity index is 731. The zero-order valence-corrected chi connectivity index (χ0v) is 13.8. The van der Waals surface area contributed by atoms with E-state index in [0.717, 1.165) is 12.3 Å². The molecule has 3 heterocycles. The Hall–Kier alpha value is -2.35. The van der Waals surface area contributed by atoms with E-state index in [-0.39, 0.29) is 5.78 Å². The van der Waals surface area contributed by atoms with Crippen molar-refractivity contribution in [2.24, 2.45) is 7.05 Å². The highest BCUT2D eigenvalue weighted by molar-refractivity contribution is 5.96. The molecule has 0 aromatic carbocycles. The Kier molecular flexibility index (Phi) is 4.80. The van der Waals surface area contributed by atoms with Gasteiger partial charge in [-0.2, -0.15) is 13.2 Å². The molecule has 5 nitrogen and oxygen atoms in total. The number of anilines is 1. The maximum Gasteiger partial charge on any atom is 0.417 e. The van der Waals surface area contributed by atoms with Crippen LogP contribution in [-0.2, 0) is 13.2 Å². The van der Waals surface area contributed by atoms with Crippen LogP contribution in [-0.4, -0.2) is 53.0 Å². The molecule has 0 N–H and O–H groups in total. The van der Waals surface area contributed by atoms with Crippen LogP contribution < -0.4 is 4.90 Å². The fourth-order valence-electron chi connectivity index (χ4n) is 2.91. The molecule has 0 atom stereocenters.